The van der Waals surface area contributed by atoms with Gasteiger partial charge >= 0.3 is 0 Å². The lowest BCUT2D eigenvalue weighted by Crippen LogP contribution is -2.13. The first-order valence-corrected chi connectivity index (χ1v) is 7.08. The van der Waals surface area contributed by atoms with E-state index in [9.17, 15) is 0 Å². The van der Waals surface area contributed by atoms with Crippen molar-refractivity contribution in [2.24, 2.45) is 0 Å². The zero-order valence-corrected chi connectivity index (χ0v) is 12.1. The second-order valence-electron chi connectivity index (χ2n) is 5.25. The van der Waals surface area contributed by atoms with Crippen LogP contribution in [0.5, 0.6) is 0 Å². The van der Waals surface area contributed by atoms with Crippen molar-refractivity contribution in [1.29, 1.82) is 0 Å². The number of hydrogen-bond donors (Lipinski definition) is 1. The van der Waals surface area contributed by atoms with E-state index in [4.69, 9.17) is 0 Å². The van der Waals surface area contributed by atoms with E-state index >= 15 is 0 Å². The van der Waals surface area contributed by atoms with Crippen molar-refractivity contribution in [3.8, 4) is 0 Å². The van der Waals surface area contributed by atoms with E-state index in [-0.39, 0.29) is 0 Å². The Labute approximate surface area is 115 Å². The second kappa shape index (κ2) is 6.57. The Morgan fingerprint density at radius 1 is 1.26 bits per heavy atom. The Morgan fingerprint density at radius 2 is 2.11 bits per heavy atom. The summed E-state index contributed by atoms with van der Waals surface area (Å²) in [5, 5.41) is 7.98. The lowest BCUT2D eigenvalue weighted by atomic mass is 10.3. The molecule has 2 heterocycles. The average molecular weight is 260 g/mol. The molecule has 0 saturated heterocycles. The van der Waals surface area contributed by atoms with Crippen LogP contribution in [0.4, 0.5) is 0 Å². The van der Waals surface area contributed by atoms with Gasteiger partial charge in [-0.05, 0) is 44.5 Å². The van der Waals surface area contributed by atoms with Gasteiger partial charge in [-0.2, -0.15) is 5.10 Å². The summed E-state index contributed by atoms with van der Waals surface area (Å²) in [5.74, 6) is 0. The first kappa shape index (κ1) is 13.9. The van der Waals surface area contributed by atoms with Crippen molar-refractivity contribution in [3.63, 3.8) is 0 Å². The molecule has 0 aliphatic rings. The first-order chi connectivity index (χ1) is 9.19. The Balaban J connectivity index is 1.91. The molecule has 0 bridgehead atoms. The van der Waals surface area contributed by atoms with Gasteiger partial charge in [0.1, 0.15) is 0 Å². The second-order valence-corrected chi connectivity index (χ2v) is 5.25. The normalized spacial score (nSPS) is 11.4. The predicted molar refractivity (Wildman–Crippen MR) is 78.1 cm³/mol. The Morgan fingerprint density at radius 3 is 2.79 bits per heavy atom. The van der Waals surface area contributed by atoms with Crippen LogP contribution in [0, 0.1) is 0 Å². The van der Waals surface area contributed by atoms with Gasteiger partial charge in [-0.1, -0.05) is 6.92 Å². The summed E-state index contributed by atoms with van der Waals surface area (Å²) in [5.41, 5.74) is 2.44. The third kappa shape index (κ3) is 3.96. The summed E-state index contributed by atoms with van der Waals surface area (Å²) in [6.45, 7) is 9.33. The molecule has 0 aromatic carbocycles. The minimum Gasteiger partial charge on any atom is -0.348 e. The Bertz CT molecular complexity index is 496. The summed E-state index contributed by atoms with van der Waals surface area (Å²) >= 11 is 0. The van der Waals surface area contributed by atoms with Crippen molar-refractivity contribution in [2.75, 3.05) is 6.54 Å². The van der Waals surface area contributed by atoms with Crippen LogP contribution in [0.25, 0.3) is 0 Å². The number of nitrogens with zero attached hydrogens (tertiary/aromatic N) is 3. The minimum atomic E-state index is 0.423. The molecule has 0 amide bonds. The molecule has 0 fully saturated rings. The van der Waals surface area contributed by atoms with E-state index in [0.29, 0.717) is 6.04 Å². The summed E-state index contributed by atoms with van der Waals surface area (Å²) in [6, 6.07) is 4.68. The van der Waals surface area contributed by atoms with Gasteiger partial charge in [0.25, 0.3) is 0 Å². The zero-order chi connectivity index (χ0) is 13.7. The van der Waals surface area contributed by atoms with E-state index < -0.39 is 0 Å². The van der Waals surface area contributed by atoms with Crippen LogP contribution in [0.15, 0.2) is 30.7 Å². The fourth-order valence-electron chi connectivity index (χ4n) is 2.04. The summed E-state index contributed by atoms with van der Waals surface area (Å²) in [7, 11) is 0. The molecule has 0 spiro atoms. The van der Waals surface area contributed by atoms with Crippen molar-refractivity contribution in [3.05, 3.63) is 42.0 Å². The van der Waals surface area contributed by atoms with Gasteiger partial charge in [0, 0.05) is 31.2 Å². The molecule has 0 radical (unpaired) electrons. The lowest BCUT2D eigenvalue weighted by Gasteiger charge is -2.04. The average Bonchev–Trinajstić information content (AvgIpc) is 3.00. The van der Waals surface area contributed by atoms with E-state index in [2.05, 4.69) is 60.3 Å². The number of hydrogen-bond acceptors (Lipinski definition) is 2. The molecular weight excluding hydrogens is 236 g/mol. The van der Waals surface area contributed by atoms with Gasteiger partial charge in [-0.3, -0.25) is 4.68 Å². The van der Waals surface area contributed by atoms with Crippen LogP contribution in [0.1, 0.15) is 44.5 Å². The molecule has 19 heavy (non-hydrogen) atoms. The summed E-state index contributed by atoms with van der Waals surface area (Å²) in [6.07, 6.45) is 7.54. The monoisotopic (exact) mass is 260 g/mol. The SMILES string of the molecule is CCCNCc1ccn(Cc2ccn(C(C)C)n2)c1. The van der Waals surface area contributed by atoms with Crippen molar-refractivity contribution < 1.29 is 0 Å². The smallest absolute Gasteiger partial charge is 0.0821 e. The van der Waals surface area contributed by atoms with E-state index in [0.717, 1.165) is 25.3 Å². The molecule has 2 aromatic rings. The van der Waals surface area contributed by atoms with E-state index in [1.807, 2.05) is 10.9 Å². The fraction of sp³-hybridized carbons (Fsp3) is 0.533. The van der Waals surface area contributed by atoms with Crippen LogP contribution >= 0.6 is 0 Å². The quantitative estimate of drug-likeness (QED) is 0.777. The van der Waals surface area contributed by atoms with Gasteiger partial charge < -0.3 is 9.88 Å². The molecule has 0 atom stereocenters. The molecule has 2 aromatic heterocycles. The van der Waals surface area contributed by atoms with Crippen LogP contribution in [0.2, 0.25) is 0 Å². The standard InChI is InChI=1S/C15H24N4/c1-4-7-16-10-14-5-8-18(11-14)12-15-6-9-19(17-15)13(2)3/h5-6,8-9,11,13,16H,4,7,10,12H2,1-3H3. The molecule has 0 aliphatic heterocycles. The maximum absolute atomic E-state index is 4.57. The molecular formula is C15H24N4. The van der Waals surface area contributed by atoms with Gasteiger partial charge in [-0.25, -0.2) is 0 Å². The van der Waals surface area contributed by atoms with Crippen molar-refractivity contribution >= 4 is 0 Å². The van der Waals surface area contributed by atoms with Gasteiger partial charge in [0.2, 0.25) is 0 Å². The molecule has 2 rings (SSSR count). The summed E-state index contributed by atoms with van der Waals surface area (Å²) in [4.78, 5) is 0. The van der Waals surface area contributed by atoms with Gasteiger partial charge in [0.05, 0.1) is 12.2 Å². The number of aromatic nitrogens is 3. The molecule has 4 heteroatoms. The van der Waals surface area contributed by atoms with Crippen LogP contribution in [-0.4, -0.2) is 20.9 Å². The number of rotatable bonds is 7. The maximum Gasteiger partial charge on any atom is 0.0821 e. The highest BCUT2D eigenvalue weighted by molar-refractivity contribution is 5.12. The molecule has 4 nitrogen and oxygen atoms in total. The van der Waals surface area contributed by atoms with Crippen molar-refractivity contribution in [2.45, 2.75) is 46.3 Å². The van der Waals surface area contributed by atoms with Crippen LogP contribution in [-0.2, 0) is 13.1 Å². The highest BCUT2D eigenvalue weighted by atomic mass is 15.3. The van der Waals surface area contributed by atoms with Gasteiger partial charge in [0.15, 0.2) is 0 Å². The fourth-order valence-corrected chi connectivity index (χ4v) is 2.04. The molecule has 104 valence electrons. The first-order valence-electron chi connectivity index (χ1n) is 7.08. The molecule has 0 saturated carbocycles. The Kier molecular flexibility index (Phi) is 4.80. The minimum absolute atomic E-state index is 0.423. The lowest BCUT2D eigenvalue weighted by molar-refractivity contribution is 0.524. The Hall–Kier alpha value is -1.55. The predicted octanol–water partition coefficient (Wildman–Crippen LogP) is 2.81. The topological polar surface area (TPSA) is 34.8 Å². The zero-order valence-electron chi connectivity index (χ0n) is 12.1. The molecule has 1 N–H and O–H groups in total. The third-order valence-electron chi connectivity index (χ3n) is 3.10. The number of nitrogens with one attached hydrogen (secondary N) is 1. The highest BCUT2D eigenvalue weighted by Crippen LogP contribution is 2.08. The molecule has 0 aliphatic carbocycles. The van der Waals surface area contributed by atoms with E-state index in [1.165, 1.54) is 12.0 Å². The third-order valence-corrected chi connectivity index (χ3v) is 3.10. The van der Waals surface area contributed by atoms with Gasteiger partial charge in [-0.15, -0.1) is 0 Å². The van der Waals surface area contributed by atoms with Crippen LogP contribution in [0.3, 0.4) is 0 Å². The highest BCUT2D eigenvalue weighted by Gasteiger charge is 2.03. The van der Waals surface area contributed by atoms with Crippen molar-refractivity contribution in [1.82, 2.24) is 19.7 Å². The van der Waals surface area contributed by atoms with Crippen LogP contribution < -0.4 is 5.32 Å². The maximum atomic E-state index is 4.57. The van der Waals surface area contributed by atoms with E-state index in [1.54, 1.807) is 0 Å². The largest absolute Gasteiger partial charge is 0.348 e. The summed E-state index contributed by atoms with van der Waals surface area (Å²) < 4.78 is 4.19. The molecule has 0 unspecified atom stereocenters.